The lowest BCUT2D eigenvalue weighted by Gasteiger charge is -2.24. The molecule has 3 aromatic carbocycles. The minimum atomic E-state index is -3.81. The highest BCUT2D eigenvalue weighted by Gasteiger charge is 2.39. The van der Waals surface area contributed by atoms with Crippen molar-refractivity contribution in [2.45, 2.75) is 36.8 Å². The third kappa shape index (κ3) is 4.99. The first-order chi connectivity index (χ1) is 15.9. The first-order valence-corrected chi connectivity index (χ1v) is 12.1. The Morgan fingerprint density at radius 1 is 0.970 bits per heavy atom. The van der Waals surface area contributed by atoms with Crippen LogP contribution in [0.1, 0.15) is 19.8 Å². The fraction of sp³-hybridized carbons (Fsp3) is 0.250. The molecule has 2 amide bonds. The Hall–Kier alpha value is -3.43. The fourth-order valence-electron chi connectivity index (χ4n) is 3.82. The number of fused-ring (bicyclic) bond motifs is 1. The molecule has 9 heteroatoms. The third-order valence-electron chi connectivity index (χ3n) is 5.57. The number of benzene rings is 3. The number of amides is 2. The van der Waals surface area contributed by atoms with Crippen molar-refractivity contribution in [3.05, 3.63) is 72.8 Å². The van der Waals surface area contributed by atoms with Gasteiger partial charge < -0.3 is 4.74 Å². The first-order valence-electron chi connectivity index (χ1n) is 10.7. The van der Waals surface area contributed by atoms with Gasteiger partial charge in [0, 0.05) is 6.54 Å². The maximum absolute atomic E-state index is 12.9. The number of carbonyl (C=O) groups excluding carboxylic acids is 2. The monoisotopic (exact) mass is 467 g/mol. The van der Waals surface area contributed by atoms with Gasteiger partial charge in [0.2, 0.25) is 10.0 Å². The van der Waals surface area contributed by atoms with E-state index >= 15 is 0 Å². The second-order valence-corrected chi connectivity index (χ2v) is 9.72. The highest BCUT2D eigenvalue weighted by molar-refractivity contribution is 7.89. The number of nitrogens with one attached hydrogen (secondary N) is 2. The predicted octanol–water partition coefficient (Wildman–Crippen LogP) is 2.61. The van der Waals surface area contributed by atoms with E-state index in [9.17, 15) is 18.0 Å². The minimum Gasteiger partial charge on any atom is -0.481 e. The maximum atomic E-state index is 12.9. The summed E-state index contributed by atoms with van der Waals surface area (Å²) in [6, 6.07) is 20.4. The van der Waals surface area contributed by atoms with Crippen molar-refractivity contribution in [2.75, 3.05) is 6.54 Å². The average Bonchev–Trinajstić information content (AvgIpc) is 3.34. The Morgan fingerprint density at radius 3 is 2.42 bits per heavy atom. The topological polar surface area (TPSA) is 105 Å². The van der Waals surface area contributed by atoms with E-state index in [1.807, 2.05) is 36.4 Å². The third-order valence-corrected chi connectivity index (χ3v) is 7.49. The van der Waals surface area contributed by atoms with Gasteiger partial charge in [-0.1, -0.05) is 48.5 Å². The van der Waals surface area contributed by atoms with Crippen molar-refractivity contribution in [1.82, 2.24) is 15.2 Å². The number of hydrogen-bond donors (Lipinski definition) is 2. The molecular formula is C24H25N3O5S. The lowest BCUT2D eigenvalue weighted by Crippen LogP contribution is -2.53. The molecule has 2 atom stereocenters. The molecule has 0 aromatic heterocycles. The zero-order chi connectivity index (χ0) is 23.4. The summed E-state index contributed by atoms with van der Waals surface area (Å²) in [7, 11) is -3.81. The van der Waals surface area contributed by atoms with E-state index in [1.54, 1.807) is 31.2 Å². The summed E-state index contributed by atoms with van der Waals surface area (Å²) >= 11 is 0. The lowest BCUT2D eigenvalue weighted by molar-refractivity contribution is -0.133. The van der Waals surface area contributed by atoms with Crippen molar-refractivity contribution in [2.24, 2.45) is 0 Å². The van der Waals surface area contributed by atoms with E-state index in [1.165, 1.54) is 16.4 Å². The number of rotatable bonds is 6. The number of ether oxygens (including phenoxy) is 1. The molecular weight excluding hydrogens is 442 g/mol. The van der Waals surface area contributed by atoms with Gasteiger partial charge >= 0.3 is 0 Å². The maximum Gasteiger partial charge on any atom is 0.279 e. The lowest BCUT2D eigenvalue weighted by atomic mass is 10.1. The molecule has 0 radical (unpaired) electrons. The Kier molecular flexibility index (Phi) is 6.62. The number of carbonyl (C=O) groups is 2. The molecule has 172 valence electrons. The Balaban J connectivity index is 1.35. The zero-order valence-electron chi connectivity index (χ0n) is 18.1. The summed E-state index contributed by atoms with van der Waals surface area (Å²) in [4.78, 5) is 25.3. The van der Waals surface area contributed by atoms with Crippen LogP contribution in [0.5, 0.6) is 5.75 Å². The molecule has 0 spiro atoms. The van der Waals surface area contributed by atoms with Crippen LogP contribution in [0, 0.1) is 0 Å². The van der Waals surface area contributed by atoms with Gasteiger partial charge in [-0.3, -0.25) is 20.4 Å². The van der Waals surface area contributed by atoms with Crippen LogP contribution in [0.15, 0.2) is 77.7 Å². The standard InChI is InChI=1S/C24H25N3O5S/c1-17(32-20-14-13-18-8-5-6-9-19(18)16-20)23(28)25-26-24(29)22-12-7-15-27(22)33(30,31)21-10-3-2-4-11-21/h2-6,8-11,13-14,16-17,22H,7,12,15H2,1H3,(H,25,28)(H,26,29). The van der Waals surface area contributed by atoms with E-state index in [4.69, 9.17) is 4.74 Å². The zero-order valence-corrected chi connectivity index (χ0v) is 18.9. The van der Waals surface area contributed by atoms with Gasteiger partial charge in [0.15, 0.2) is 6.10 Å². The van der Waals surface area contributed by atoms with Crippen LogP contribution in [0.4, 0.5) is 0 Å². The molecule has 0 bridgehead atoms. The molecule has 1 aliphatic rings. The molecule has 1 heterocycles. The van der Waals surface area contributed by atoms with Crippen molar-refractivity contribution < 1.29 is 22.7 Å². The van der Waals surface area contributed by atoms with E-state index in [0.717, 1.165) is 10.8 Å². The number of sulfonamides is 1. The molecule has 2 unspecified atom stereocenters. The molecule has 3 aromatic rings. The van der Waals surface area contributed by atoms with Gasteiger partial charge in [-0.25, -0.2) is 8.42 Å². The molecule has 33 heavy (non-hydrogen) atoms. The summed E-state index contributed by atoms with van der Waals surface area (Å²) in [6.45, 7) is 1.81. The Morgan fingerprint density at radius 2 is 1.67 bits per heavy atom. The van der Waals surface area contributed by atoms with Crippen LogP contribution in [0.3, 0.4) is 0 Å². The average molecular weight is 468 g/mol. The van der Waals surface area contributed by atoms with E-state index in [-0.39, 0.29) is 11.4 Å². The number of hydrazine groups is 1. The van der Waals surface area contributed by atoms with E-state index < -0.39 is 34.0 Å². The molecule has 0 saturated carbocycles. The van der Waals surface area contributed by atoms with Crippen molar-refractivity contribution in [3.8, 4) is 5.75 Å². The minimum absolute atomic E-state index is 0.131. The second kappa shape index (κ2) is 9.60. The van der Waals surface area contributed by atoms with Crippen LogP contribution in [0.25, 0.3) is 10.8 Å². The van der Waals surface area contributed by atoms with E-state index in [2.05, 4.69) is 10.9 Å². The quantitative estimate of drug-likeness (QED) is 0.543. The summed E-state index contributed by atoms with van der Waals surface area (Å²) in [5.41, 5.74) is 4.69. The molecule has 1 fully saturated rings. The summed E-state index contributed by atoms with van der Waals surface area (Å²) in [5.74, 6) is -0.608. The van der Waals surface area contributed by atoms with Crippen LogP contribution in [-0.4, -0.2) is 43.2 Å². The second-order valence-electron chi connectivity index (χ2n) is 7.83. The highest BCUT2D eigenvalue weighted by atomic mass is 32.2. The van der Waals surface area contributed by atoms with Gasteiger partial charge in [-0.05, 0) is 54.8 Å². The van der Waals surface area contributed by atoms with Gasteiger partial charge in [0.05, 0.1) is 4.90 Å². The van der Waals surface area contributed by atoms with Gasteiger partial charge in [0.1, 0.15) is 11.8 Å². The van der Waals surface area contributed by atoms with Crippen molar-refractivity contribution >= 4 is 32.6 Å². The number of hydrogen-bond acceptors (Lipinski definition) is 5. The summed E-state index contributed by atoms with van der Waals surface area (Å²) < 4.78 is 32.7. The normalized spacial score (nSPS) is 17.4. The van der Waals surface area contributed by atoms with Gasteiger partial charge in [-0.2, -0.15) is 4.31 Å². The van der Waals surface area contributed by atoms with Crippen LogP contribution >= 0.6 is 0 Å². The molecule has 1 saturated heterocycles. The van der Waals surface area contributed by atoms with Crippen LogP contribution in [0.2, 0.25) is 0 Å². The first kappa shape index (κ1) is 22.8. The molecule has 2 N–H and O–H groups in total. The van der Waals surface area contributed by atoms with Gasteiger partial charge in [0.25, 0.3) is 11.8 Å². The van der Waals surface area contributed by atoms with E-state index in [0.29, 0.717) is 18.6 Å². The van der Waals surface area contributed by atoms with Crippen LogP contribution in [-0.2, 0) is 19.6 Å². The van der Waals surface area contributed by atoms with Crippen molar-refractivity contribution in [1.29, 1.82) is 0 Å². The molecule has 8 nitrogen and oxygen atoms in total. The largest absolute Gasteiger partial charge is 0.481 e. The predicted molar refractivity (Wildman–Crippen MR) is 124 cm³/mol. The highest BCUT2D eigenvalue weighted by Crippen LogP contribution is 2.26. The summed E-state index contributed by atoms with van der Waals surface area (Å²) in [6.07, 6.45) is 0.0513. The molecule has 0 aliphatic carbocycles. The van der Waals surface area contributed by atoms with Crippen molar-refractivity contribution in [3.63, 3.8) is 0 Å². The SMILES string of the molecule is CC(Oc1ccc2ccccc2c1)C(=O)NNC(=O)C1CCCN1S(=O)(=O)c1ccccc1. The van der Waals surface area contributed by atoms with Gasteiger partial charge in [-0.15, -0.1) is 0 Å². The smallest absolute Gasteiger partial charge is 0.279 e. The Labute approximate surface area is 192 Å². The fourth-order valence-corrected chi connectivity index (χ4v) is 5.50. The molecule has 4 rings (SSSR count). The number of nitrogens with zero attached hydrogens (tertiary/aromatic N) is 1. The van der Waals surface area contributed by atoms with Crippen LogP contribution < -0.4 is 15.6 Å². The Bertz CT molecular complexity index is 1260. The molecule has 1 aliphatic heterocycles. The summed E-state index contributed by atoms with van der Waals surface area (Å²) in [5, 5.41) is 2.04.